The van der Waals surface area contributed by atoms with Crippen molar-refractivity contribution in [2.75, 3.05) is 25.4 Å². The minimum Gasteiger partial charge on any atom is -0.338 e. The van der Waals surface area contributed by atoms with E-state index in [1.165, 1.54) is 6.07 Å². The maximum atomic E-state index is 12.7. The molecule has 1 unspecified atom stereocenters. The Bertz CT molecular complexity index is 536. The lowest BCUT2D eigenvalue weighted by molar-refractivity contribution is -0.137. The quantitative estimate of drug-likeness (QED) is 0.759. The standard InChI is InChI=1S/C16H21F3N2OS.ClH/c1-2-8-21(13-6-7-20-10-13)15(22)11-23-14-5-3-4-12(9-14)16(17,18)19;/h3-5,9,13,20H,2,6-8,10-11H2,1H3;1H. The predicted octanol–water partition coefficient (Wildman–Crippen LogP) is 3.82. The molecule has 0 aliphatic carbocycles. The second kappa shape index (κ2) is 9.53. The fourth-order valence-corrected chi connectivity index (χ4v) is 3.49. The monoisotopic (exact) mass is 382 g/mol. The van der Waals surface area contributed by atoms with Crippen molar-refractivity contribution in [1.82, 2.24) is 10.2 Å². The fourth-order valence-electron chi connectivity index (χ4n) is 2.65. The molecule has 8 heteroatoms. The Kier molecular flexibility index (Phi) is 8.39. The van der Waals surface area contributed by atoms with E-state index in [9.17, 15) is 18.0 Å². The lowest BCUT2D eigenvalue weighted by Crippen LogP contribution is -2.43. The molecular weight excluding hydrogens is 361 g/mol. The number of carbonyl (C=O) groups excluding carboxylic acids is 1. The average Bonchev–Trinajstić information content (AvgIpc) is 3.04. The number of thioether (sulfide) groups is 1. The van der Waals surface area contributed by atoms with Gasteiger partial charge in [-0.3, -0.25) is 4.79 Å². The van der Waals surface area contributed by atoms with Gasteiger partial charge in [0.15, 0.2) is 0 Å². The molecule has 2 rings (SSSR count). The molecule has 1 aromatic carbocycles. The Morgan fingerprint density at radius 3 is 2.75 bits per heavy atom. The van der Waals surface area contributed by atoms with Crippen LogP contribution < -0.4 is 5.32 Å². The number of alkyl halides is 3. The van der Waals surface area contributed by atoms with E-state index in [1.807, 2.05) is 11.8 Å². The van der Waals surface area contributed by atoms with Crippen LogP contribution in [0.25, 0.3) is 0 Å². The van der Waals surface area contributed by atoms with E-state index in [-0.39, 0.29) is 30.1 Å². The third kappa shape index (κ3) is 5.86. The summed E-state index contributed by atoms with van der Waals surface area (Å²) in [4.78, 5) is 14.8. The number of nitrogens with zero attached hydrogens (tertiary/aromatic N) is 1. The van der Waals surface area contributed by atoms with Crippen molar-refractivity contribution in [3.05, 3.63) is 29.8 Å². The highest BCUT2D eigenvalue weighted by molar-refractivity contribution is 8.00. The smallest absolute Gasteiger partial charge is 0.338 e. The zero-order chi connectivity index (χ0) is 16.9. The first-order valence-electron chi connectivity index (χ1n) is 7.72. The van der Waals surface area contributed by atoms with Gasteiger partial charge < -0.3 is 10.2 Å². The van der Waals surface area contributed by atoms with Gasteiger partial charge in [0.05, 0.1) is 11.3 Å². The van der Waals surface area contributed by atoms with E-state index in [0.717, 1.165) is 49.8 Å². The summed E-state index contributed by atoms with van der Waals surface area (Å²) in [5, 5.41) is 3.24. The Balaban J connectivity index is 0.00000288. The van der Waals surface area contributed by atoms with Crippen LogP contribution in [0.2, 0.25) is 0 Å². The number of nitrogens with one attached hydrogen (secondary N) is 1. The molecule has 1 aromatic rings. The van der Waals surface area contributed by atoms with Gasteiger partial charge in [-0.15, -0.1) is 24.2 Å². The first-order valence-corrected chi connectivity index (χ1v) is 8.70. The van der Waals surface area contributed by atoms with Crippen molar-refractivity contribution in [2.45, 2.75) is 36.9 Å². The molecule has 1 heterocycles. The first-order chi connectivity index (χ1) is 10.9. The van der Waals surface area contributed by atoms with Crippen molar-refractivity contribution < 1.29 is 18.0 Å². The van der Waals surface area contributed by atoms with E-state index in [1.54, 1.807) is 6.07 Å². The van der Waals surface area contributed by atoms with Crippen molar-refractivity contribution in [1.29, 1.82) is 0 Å². The molecule has 3 nitrogen and oxygen atoms in total. The highest BCUT2D eigenvalue weighted by atomic mass is 35.5. The number of benzene rings is 1. The largest absolute Gasteiger partial charge is 0.416 e. The van der Waals surface area contributed by atoms with Crippen LogP contribution in [0, 0.1) is 0 Å². The minimum absolute atomic E-state index is 0. The maximum absolute atomic E-state index is 12.7. The van der Waals surface area contributed by atoms with Gasteiger partial charge >= 0.3 is 6.18 Å². The minimum atomic E-state index is -4.36. The van der Waals surface area contributed by atoms with Crippen molar-refractivity contribution >= 4 is 30.1 Å². The van der Waals surface area contributed by atoms with E-state index >= 15 is 0 Å². The number of amides is 1. The van der Waals surface area contributed by atoms with E-state index in [4.69, 9.17) is 0 Å². The van der Waals surface area contributed by atoms with Gasteiger partial charge in [0.1, 0.15) is 0 Å². The summed E-state index contributed by atoms with van der Waals surface area (Å²) in [7, 11) is 0. The molecule has 1 aliphatic heterocycles. The summed E-state index contributed by atoms with van der Waals surface area (Å²) in [6, 6.07) is 5.32. The van der Waals surface area contributed by atoms with Crippen LogP contribution in [0.1, 0.15) is 25.3 Å². The predicted molar refractivity (Wildman–Crippen MR) is 92.7 cm³/mol. The molecule has 1 atom stereocenters. The Labute approximate surface area is 150 Å². The molecule has 1 fully saturated rings. The van der Waals surface area contributed by atoms with Gasteiger partial charge in [0.25, 0.3) is 0 Å². The SMILES string of the molecule is CCCN(C(=O)CSc1cccc(C(F)(F)F)c1)C1CCNC1.Cl. The van der Waals surface area contributed by atoms with Crippen molar-refractivity contribution in [2.24, 2.45) is 0 Å². The first kappa shape index (κ1) is 21.1. The van der Waals surface area contributed by atoms with E-state index in [2.05, 4.69) is 5.32 Å². The molecule has 1 amide bonds. The zero-order valence-corrected chi connectivity index (χ0v) is 15.1. The molecular formula is C16H22ClF3N2OS. The van der Waals surface area contributed by atoms with Crippen LogP contribution in [0.15, 0.2) is 29.2 Å². The summed E-state index contributed by atoms with van der Waals surface area (Å²) < 4.78 is 38.1. The van der Waals surface area contributed by atoms with Gasteiger partial charge in [-0.1, -0.05) is 13.0 Å². The van der Waals surface area contributed by atoms with Gasteiger partial charge in [0.2, 0.25) is 5.91 Å². The number of rotatable bonds is 6. The lowest BCUT2D eigenvalue weighted by Gasteiger charge is -2.28. The summed E-state index contributed by atoms with van der Waals surface area (Å²) in [6.07, 6.45) is -2.55. The second-order valence-corrected chi connectivity index (χ2v) is 6.60. The number of halogens is 4. The molecule has 0 radical (unpaired) electrons. The average molecular weight is 383 g/mol. The molecule has 0 spiro atoms. The van der Waals surface area contributed by atoms with Crippen LogP contribution in [0.4, 0.5) is 13.2 Å². The Morgan fingerprint density at radius 2 is 2.17 bits per heavy atom. The molecule has 1 saturated heterocycles. The molecule has 0 bridgehead atoms. The lowest BCUT2D eigenvalue weighted by atomic mass is 10.2. The van der Waals surface area contributed by atoms with Crippen LogP contribution in [0.5, 0.6) is 0 Å². The van der Waals surface area contributed by atoms with Gasteiger partial charge in [-0.05, 0) is 37.6 Å². The number of hydrogen-bond acceptors (Lipinski definition) is 3. The van der Waals surface area contributed by atoms with Gasteiger partial charge in [0, 0.05) is 24.0 Å². The van der Waals surface area contributed by atoms with Gasteiger partial charge in [-0.25, -0.2) is 0 Å². The van der Waals surface area contributed by atoms with Crippen molar-refractivity contribution in [3.63, 3.8) is 0 Å². The molecule has 1 N–H and O–H groups in total. The highest BCUT2D eigenvalue weighted by Crippen LogP contribution is 2.32. The second-order valence-electron chi connectivity index (χ2n) is 5.55. The van der Waals surface area contributed by atoms with E-state index in [0.29, 0.717) is 11.4 Å². The van der Waals surface area contributed by atoms with Crippen LogP contribution in [-0.2, 0) is 11.0 Å². The van der Waals surface area contributed by atoms with Crippen LogP contribution in [-0.4, -0.2) is 42.2 Å². The highest BCUT2D eigenvalue weighted by Gasteiger charge is 2.30. The molecule has 24 heavy (non-hydrogen) atoms. The Morgan fingerprint density at radius 1 is 1.42 bits per heavy atom. The summed E-state index contributed by atoms with van der Waals surface area (Å²) in [5.74, 6) is 0.153. The van der Waals surface area contributed by atoms with Crippen LogP contribution in [0.3, 0.4) is 0 Å². The maximum Gasteiger partial charge on any atom is 0.416 e. The summed E-state index contributed by atoms with van der Waals surface area (Å²) >= 11 is 1.16. The normalized spacial score (nSPS) is 17.4. The number of hydrogen-bond donors (Lipinski definition) is 1. The zero-order valence-electron chi connectivity index (χ0n) is 13.4. The molecule has 0 aromatic heterocycles. The third-order valence-electron chi connectivity index (χ3n) is 3.78. The summed E-state index contributed by atoms with van der Waals surface area (Å²) in [5.41, 5.74) is -0.680. The molecule has 0 saturated carbocycles. The van der Waals surface area contributed by atoms with Crippen LogP contribution >= 0.6 is 24.2 Å². The fraction of sp³-hybridized carbons (Fsp3) is 0.562. The summed E-state index contributed by atoms with van der Waals surface area (Å²) in [6.45, 7) is 4.40. The van der Waals surface area contributed by atoms with Gasteiger partial charge in [-0.2, -0.15) is 13.2 Å². The Hall–Kier alpha value is -0.920. The van der Waals surface area contributed by atoms with Crippen molar-refractivity contribution in [3.8, 4) is 0 Å². The third-order valence-corrected chi connectivity index (χ3v) is 4.76. The topological polar surface area (TPSA) is 32.3 Å². The molecule has 136 valence electrons. The molecule has 1 aliphatic rings. The number of carbonyl (C=O) groups is 1. The van der Waals surface area contributed by atoms with E-state index < -0.39 is 11.7 Å².